The van der Waals surface area contributed by atoms with Crippen molar-refractivity contribution in [3.8, 4) is 0 Å². The largest absolute Gasteiger partial charge is 0.456 e. The number of thioether (sulfide) groups is 1. The number of hydrogen-bond donors (Lipinski definition) is 0. The van der Waals surface area contributed by atoms with Gasteiger partial charge < -0.3 is 14.2 Å². The zero-order chi connectivity index (χ0) is 23.8. The molecule has 4 atom stereocenters. The normalized spacial score (nSPS) is 27.8. The van der Waals surface area contributed by atoms with Gasteiger partial charge in [0.05, 0.1) is 22.3 Å². The Morgan fingerprint density at radius 3 is 1.68 bits per heavy atom. The molecule has 0 saturated carbocycles. The van der Waals surface area contributed by atoms with Gasteiger partial charge in [0.15, 0.2) is 18.3 Å². The fourth-order valence-corrected chi connectivity index (χ4v) is 4.43. The van der Waals surface area contributed by atoms with Crippen LogP contribution in [0.5, 0.6) is 0 Å². The standard InChI is InChI=1S/C23H39NO6S/c1-21(2,3)18(25)28-15-12-24-10-11-31-13-14(24)16(29-19(26)22(4,5)6)17(15)30-20(27)23(7,8)9/h14-17H,10-13H2,1-9H3/t14-,15-,16-,17-/m1/s1. The number of carbonyl (C=O) groups excluding carboxylic acids is 3. The van der Waals surface area contributed by atoms with Crippen LogP contribution in [0, 0.1) is 16.2 Å². The van der Waals surface area contributed by atoms with Crippen LogP contribution in [-0.2, 0) is 28.6 Å². The molecule has 178 valence electrons. The van der Waals surface area contributed by atoms with Gasteiger partial charge in [0, 0.05) is 24.6 Å². The van der Waals surface area contributed by atoms with Crippen LogP contribution in [0.25, 0.3) is 0 Å². The third-order valence-corrected chi connectivity index (χ3v) is 6.39. The number of carbonyl (C=O) groups is 3. The molecule has 0 aliphatic carbocycles. The zero-order valence-corrected chi connectivity index (χ0v) is 21.3. The van der Waals surface area contributed by atoms with Crippen molar-refractivity contribution in [1.29, 1.82) is 0 Å². The number of rotatable bonds is 3. The van der Waals surface area contributed by atoms with Crippen molar-refractivity contribution < 1.29 is 28.6 Å². The van der Waals surface area contributed by atoms with E-state index in [-0.39, 0.29) is 18.0 Å². The predicted octanol–water partition coefficient (Wildman–Crippen LogP) is 3.29. The summed E-state index contributed by atoms with van der Waals surface area (Å²) in [6, 6.07) is -0.104. The van der Waals surface area contributed by atoms with Crippen molar-refractivity contribution >= 4 is 29.7 Å². The number of piperidine rings is 1. The molecule has 0 aromatic heterocycles. The summed E-state index contributed by atoms with van der Waals surface area (Å²) >= 11 is 1.78. The van der Waals surface area contributed by atoms with E-state index in [4.69, 9.17) is 14.2 Å². The summed E-state index contributed by atoms with van der Waals surface area (Å²) in [5, 5.41) is 0. The van der Waals surface area contributed by atoms with Crippen molar-refractivity contribution in [3.05, 3.63) is 0 Å². The topological polar surface area (TPSA) is 82.1 Å². The van der Waals surface area contributed by atoms with Crippen molar-refractivity contribution in [2.75, 3.05) is 24.6 Å². The second kappa shape index (κ2) is 9.30. The van der Waals surface area contributed by atoms with E-state index in [2.05, 4.69) is 4.90 Å². The Bertz CT molecular complexity index is 688. The molecule has 0 radical (unpaired) electrons. The Hall–Kier alpha value is -1.28. The van der Waals surface area contributed by atoms with Crippen LogP contribution in [0.2, 0.25) is 0 Å². The molecule has 0 amide bonds. The Kier molecular flexibility index (Phi) is 7.79. The SMILES string of the molecule is CC(C)(C)C(=O)O[C@H]1[C@H](OC(=O)C(C)(C)C)[C@H](OC(=O)C(C)(C)C)CN2CCSC[C@H]12. The lowest BCUT2D eigenvalue weighted by Crippen LogP contribution is -2.67. The van der Waals surface area contributed by atoms with E-state index < -0.39 is 40.5 Å². The van der Waals surface area contributed by atoms with E-state index in [1.165, 1.54) is 0 Å². The van der Waals surface area contributed by atoms with Gasteiger partial charge in [-0.1, -0.05) is 0 Å². The molecule has 0 aromatic rings. The molecule has 0 aromatic carbocycles. The van der Waals surface area contributed by atoms with Crippen molar-refractivity contribution in [2.24, 2.45) is 16.2 Å². The van der Waals surface area contributed by atoms with E-state index in [0.29, 0.717) is 6.54 Å². The Labute approximate surface area is 190 Å². The number of fused-ring (bicyclic) bond motifs is 1. The van der Waals surface area contributed by atoms with Gasteiger partial charge in [0.25, 0.3) is 0 Å². The van der Waals surface area contributed by atoms with Crippen LogP contribution in [0.1, 0.15) is 62.3 Å². The second-order valence-electron chi connectivity index (χ2n) is 11.6. The Morgan fingerprint density at radius 1 is 0.742 bits per heavy atom. The van der Waals surface area contributed by atoms with Gasteiger partial charge in [-0.15, -0.1) is 0 Å². The highest BCUT2D eigenvalue weighted by Crippen LogP contribution is 2.34. The lowest BCUT2D eigenvalue weighted by Gasteiger charge is -2.49. The average Bonchev–Trinajstić information content (AvgIpc) is 2.61. The molecule has 2 saturated heterocycles. The molecule has 0 bridgehead atoms. The highest BCUT2D eigenvalue weighted by Gasteiger charge is 2.52. The fraction of sp³-hybridized carbons (Fsp3) is 0.870. The van der Waals surface area contributed by atoms with E-state index in [0.717, 1.165) is 18.1 Å². The van der Waals surface area contributed by atoms with Crippen molar-refractivity contribution in [3.63, 3.8) is 0 Å². The highest BCUT2D eigenvalue weighted by molar-refractivity contribution is 7.99. The van der Waals surface area contributed by atoms with Gasteiger partial charge in [-0.2, -0.15) is 11.8 Å². The third kappa shape index (κ3) is 6.60. The van der Waals surface area contributed by atoms with Crippen LogP contribution in [0.15, 0.2) is 0 Å². The molecule has 2 rings (SSSR count). The zero-order valence-electron chi connectivity index (χ0n) is 20.4. The van der Waals surface area contributed by atoms with Crippen LogP contribution in [0.3, 0.4) is 0 Å². The van der Waals surface area contributed by atoms with Crippen molar-refractivity contribution in [1.82, 2.24) is 4.90 Å². The number of hydrogen-bond acceptors (Lipinski definition) is 8. The van der Waals surface area contributed by atoms with Crippen LogP contribution >= 0.6 is 11.8 Å². The molecule has 0 spiro atoms. The van der Waals surface area contributed by atoms with Gasteiger partial charge in [-0.25, -0.2) is 0 Å². The van der Waals surface area contributed by atoms with Crippen molar-refractivity contribution in [2.45, 2.75) is 86.7 Å². The maximum Gasteiger partial charge on any atom is 0.311 e. The van der Waals surface area contributed by atoms with Gasteiger partial charge in [0.2, 0.25) is 0 Å². The Morgan fingerprint density at radius 2 is 1.19 bits per heavy atom. The third-order valence-electron chi connectivity index (χ3n) is 5.35. The van der Waals surface area contributed by atoms with Crippen LogP contribution in [-0.4, -0.2) is 71.8 Å². The minimum atomic E-state index is -0.857. The minimum Gasteiger partial charge on any atom is -0.456 e. The first-order chi connectivity index (χ1) is 14.0. The lowest BCUT2D eigenvalue weighted by molar-refractivity contribution is -0.213. The molecule has 2 fully saturated rings. The summed E-state index contributed by atoms with van der Waals surface area (Å²) in [5.74, 6) is 0.546. The molecule has 2 heterocycles. The smallest absolute Gasteiger partial charge is 0.311 e. The van der Waals surface area contributed by atoms with E-state index >= 15 is 0 Å². The highest BCUT2D eigenvalue weighted by atomic mass is 32.2. The van der Waals surface area contributed by atoms with Crippen LogP contribution in [0.4, 0.5) is 0 Å². The number of esters is 3. The molecule has 0 N–H and O–H groups in total. The summed E-state index contributed by atoms with van der Waals surface area (Å²) in [5.41, 5.74) is -2.15. The number of ether oxygens (including phenoxy) is 3. The van der Waals surface area contributed by atoms with E-state index in [1.807, 2.05) is 0 Å². The molecule has 31 heavy (non-hydrogen) atoms. The maximum atomic E-state index is 12.8. The van der Waals surface area contributed by atoms with Gasteiger partial charge in [-0.3, -0.25) is 19.3 Å². The monoisotopic (exact) mass is 457 g/mol. The van der Waals surface area contributed by atoms with Gasteiger partial charge in [-0.05, 0) is 62.3 Å². The van der Waals surface area contributed by atoms with E-state index in [1.54, 1.807) is 74.1 Å². The second-order valence-corrected chi connectivity index (χ2v) is 12.7. The molecule has 2 aliphatic heterocycles. The summed E-state index contributed by atoms with van der Waals surface area (Å²) in [6.07, 6.45) is -2.28. The summed E-state index contributed by atoms with van der Waals surface area (Å²) in [4.78, 5) is 40.6. The van der Waals surface area contributed by atoms with Crippen LogP contribution < -0.4 is 0 Å². The first-order valence-electron chi connectivity index (χ1n) is 11.0. The Balaban J connectivity index is 2.42. The first-order valence-corrected chi connectivity index (χ1v) is 12.1. The lowest BCUT2D eigenvalue weighted by atomic mass is 9.91. The quantitative estimate of drug-likeness (QED) is 0.472. The minimum absolute atomic E-state index is 0.104. The molecule has 2 aliphatic rings. The molecular weight excluding hydrogens is 418 g/mol. The molecule has 8 heteroatoms. The summed E-state index contributed by atoms with van der Waals surface area (Å²) in [6.45, 7) is 17.3. The molecule has 0 unspecified atom stereocenters. The summed E-state index contributed by atoms with van der Waals surface area (Å²) < 4.78 is 17.8. The fourth-order valence-electron chi connectivity index (χ4n) is 3.26. The van der Waals surface area contributed by atoms with E-state index in [9.17, 15) is 14.4 Å². The van der Waals surface area contributed by atoms with Gasteiger partial charge >= 0.3 is 17.9 Å². The number of nitrogens with zero attached hydrogens (tertiary/aromatic N) is 1. The molecule has 7 nitrogen and oxygen atoms in total. The first kappa shape index (κ1) is 26.0. The average molecular weight is 458 g/mol. The molecular formula is C23H39NO6S. The summed E-state index contributed by atoms with van der Waals surface area (Å²) in [7, 11) is 0. The van der Waals surface area contributed by atoms with Gasteiger partial charge in [0.1, 0.15) is 0 Å². The maximum absolute atomic E-state index is 12.8. The predicted molar refractivity (Wildman–Crippen MR) is 121 cm³/mol.